The van der Waals surface area contributed by atoms with Gasteiger partial charge in [0.1, 0.15) is 0 Å². The van der Waals surface area contributed by atoms with Gasteiger partial charge in [-0.2, -0.15) is 0 Å². The summed E-state index contributed by atoms with van der Waals surface area (Å²) in [5.74, 6) is 0.655. The molecule has 0 amide bonds. The second-order valence-corrected chi connectivity index (χ2v) is 18.3. The minimum atomic E-state index is -2.19. The molecular formula is C10H26ClO3Si4. The summed E-state index contributed by atoms with van der Waals surface area (Å²) in [4.78, 5) is 0. The van der Waals surface area contributed by atoms with Crippen LogP contribution in [0.3, 0.4) is 0 Å². The molecule has 0 aliphatic heterocycles. The topological polar surface area (TPSA) is 27.7 Å². The fourth-order valence-corrected chi connectivity index (χ4v) is 15.4. The summed E-state index contributed by atoms with van der Waals surface area (Å²) in [7, 11) is -2.58. The van der Waals surface area contributed by atoms with Gasteiger partial charge in [0.05, 0.1) is 10.2 Å². The Hall–Kier alpha value is 1.04. The summed E-state index contributed by atoms with van der Waals surface area (Å²) in [5.41, 5.74) is 0. The van der Waals surface area contributed by atoms with E-state index in [1.165, 1.54) is 0 Å². The molecule has 1 atom stereocenters. The molecule has 0 aromatic carbocycles. The first kappa shape index (κ1) is 19.0. The molecule has 0 bridgehead atoms. The zero-order chi connectivity index (χ0) is 14.4. The van der Waals surface area contributed by atoms with Crippen molar-refractivity contribution in [1.29, 1.82) is 0 Å². The molecule has 0 N–H and O–H groups in total. The fraction of sp³-hybridized carbons (Fsp3) is 1.00. The highest BCUT2D eigenvalue weighted by molar-refractivity contribution is 6.86. The highest BCUT2D eigenvalue weighted by Gasteiger charge is 2.42. The van der Waals surface area contributed by atoms with Crippen LogP contribution in [-0.4, -0.2) is 47.8 Å². The van der Waals surface area contributed by atoms with Gasteiger partial charge >= 0.3 is 17.1 Å². The second-order valence-electron chi connectivity index (χ2n) is 5.93. The molecule has 3 radical (unpaired) electrons. The number of alkyl halides is 1. The Kier molecular flexibility index (Phi) is 8.17. The molecule has 0 fully saturated rings. The SMILES string of the molecule is C[Si](C)(C)O[Si](C)(CCCCl)O[Si](C)(C)OC[Si]. The molecule has 0 aliphatic rings. The average Bonchev–Trinajstić information content (AvgIpc) is 2.10. The molecular weight excluding hydrogens is 316 g/mol. The molecule has 8 heteroatoms. The van der Waals surface area contributed by atoms with Crippen LogP contribution in [0, 0.1) is 0 Å². The third-order valence-corrected chi connectivity index (χ3v) is 12.8. The lowest BCUT2D eigenvalue weighted by Gasteiger charge is -2.39. The van der Waals surface area contributed by atoms with Crippen molar-refractivity contribution in [1.82, 2.24) is 0 Å². The smallest absolute Gasteiger partial charge is 0.322 e. The molecule has 0 aromatic heterocycles. The molecule has 0 aliphatic carbocycles. The van der Waals surface area contributed by atoms with Crippen molar-refractivity contribution in [2.24, 2.45) is 0 Å². The molecule has 0 saturated heterocycles. The van der Waals surface area contributed by atoms with Crippen LogP contribution in [0.5, 0.6) is 0 Å². The Morgan fingerprint density at radius 3 is 1.94 bits per heavy atom. The molecule has 1 unspecified atom stereocenters. The van der Waals surface area contributed by atoms with E-state index < -0.39 is 25.4 Å². The number of hydrogen-bond donors (Lipinski definition) is 0. The summed E-state index contributed by atoms with van der Waals surface area (Å²) in [6, 6.07) is 0.933. The van der Waals surface area contributed by atoms with E-state index in [0.29, 0.717) is 12.1 Å². The molecule has 18 heavy (non-hydrogen) atoms. The lowest BCUT2D eigenvalue weighted by Crippen LogP contribution is -2.54. The maximum atomic E-state index is 6.35. The van der Waals surface area contributed by atoms with E-state index in [1.807, 2.05) is 0 Å². The van der Waals surface area contributed by atoms with Crippen LogP contribution in [0.1, 0.15) is 6.42 Å². The lowest BCUT2D eigenvalue weighted by molar-refractivity contribution is 0.263. The maximum Gasteiger partial charge on any atom is 0.322 e. The second kappa shape index (κ2) is 7.72. The first-order valence-electron chi connectivity index (χ1n) is 6.28. The van der Waals surface area contributed by atoms with E-state index in [9.17, 15) is 0 Å². The first-order valence-corrected chi connectivity index (χ1v) is 16.3. The number of halogens is 1. The van der Waals surface area contributed by atoms with Gasteiger partial charge in [-0.1, -0.05) is 0 Å². The van der Waals surface area contributed by atoms with Gasteiger partial charge in [0, 0.05) is 12.1 Å². The van der Waals surface area contributed by atoms with E-state index in [2.05, 4.69) is 49.5 Å². The standard InChI is InChI=1S/C10H26ClO3Si4/c1-16(2,3)13-18(6,9-7-8-11)14-17(4,5)12-10-15/h7-10H2,1-6H3. The Bertz CT molecular complexity index is 248. The van der Waals surface area contributed by atoms with Gasteiger partial charge in [0.2, 0.25) is 0 Å². The number of hydrogen-bond acceptors (Lipinski definition) is 3. The van der Waals surface area contributed by atoms with Crippen molar-refractivity contribution in [3.63, 3.8) is 0 Å². The quantitative estimate of drug-likeness (QED) is 0.475. The van der Waals surface area contributed by atoms with Crippen LogP contribution in [-0.2, 0) is 12.7 Å². The van der Waals surface area contributed by atoms with Gasteiger partial charge in [-0.05, 0) is 51.7 Å². The van der Waals surface area contributed by atoms with Crippen molar-refractivity contribution in [3.8, 4) is 0 Å². The summed E-state index contributed by atoms with van der Waals surface area (Å²) >= 11 is 5.81. The average molecular weight is 342 g/mol. The van der Waals surface area contributed by atoms with Crippen LogP contribution in [0.25, 0.3) is 0 Å². The van der Waals surface area contributed by atoms with E-state index in [1.54, 1.807) is 0 Å². The van der Waals surface area contributed by atoms with Gasteiger partial charge < -0.3 is 12.7 Å². The third-order valence-electron chi connectivity index (χ3n) is 2.17. The van der Waals surface area contributed by atoms with Crippen molar-refractivity contribution in [3.05, 3.63) is 0 Å². The van der Waals surface area contributed by atoms with Crippen molar-refractivity contribution in [2.45, 2.75) is 51.7 Å². The Balaban J connectivity index is 4.75. The fourth-order valence-electron chi connectivity index (χ4n) is 1.88. The van der Waals surface area contributed by atoms with Gasteiger partial charge in [0.15, 0.2) is 8.32 Å². The summed E-state index contributed by atoms with van der Waals surface area (Å²) in [5, 5.41) is 0. The summed E-state index contributed by atoms with van der Waals surface area (Å²) < 4.78 is 18.4. The highest BCUT2D eigenvalue weighted by atomic mass is 35.5. The van der Waals surface area contributed by atoms with Gasteiger partial charge in [-0.3, -0.25) is 0 Å². The maximum absolute atomic E-state index is 6.35. The van der Waals surface area contributed by atoms with Crippen LogP contribution < -0.4 is 0 Å². The van der Waals surface area contributed by atoms with E-state index in [0.717, 1.165) is 12.5 Å². The van der Waals surface area contributed by atoms with Crippen molar-refractivity contribution >= 4 is 47.3 Å². The number of rotatable bonds is 9. The molecule has 0 saturated carbocycles. The summed E-state index contributed by atoms with van der Waals surface area (Å²) in [6.45, 7) is 12.9. The zero-order valence-corrected chi connectivity index (χ0v) is 17.2. The minimum Gasteiger partial charge on any atom is -0.437 e. The molecule has 0 aromatic rings. The monoisotopic (exact) mass is 341 g/mol. The third kappa shape index (κ3) is 9.02. The van der Waals surface area contributed by atoms with E-state index in [-0.39, 0.29) is 0 Å². The Labute approximate surface area is 124 Å². The van der Waals surface area contributed by atoms with E-state index in [4.69, 9.17) is 24.3 Å². The summed E-state index contributed by atoms with van der Waals surface area (Å²) in [6.07, 6.45) is 1.44. The Morgan fingerprint density at radius 2 is 1.56 bits per heavy atom. The van der Waals surface area contributed by atoms with Gasteiger partial charge in [0.25, 0.3) is 0 Å². The largest absolute Gasteiger partial charge is 0.437 e. The van der Waals surface area contributed by atoms with Crippen LogP contribution in [0.15, 0.2) is 0 Å². The lowest BCUT2D eigenvalue weighted by atomic mass is 10.6. The molecule has 0 heterocycles. The van der Waals surface area contributed by atoms with Gasteiger partial charge in [-0.25, -0.2) is 0 Å². The van der Waals surface area contributed by atoms with Crippen LogP contribution in [0.2, 0.25) is 45.3 Å². The Morgan fingerprint density at radius 1 is 1.00 bits per heavy atom. The molecule has 0 rings (SSSR count). The highest BCUT2D eigenvalue weighted by Crippen LogP contribution is 2.26. The van der Waals surface area contributed by atoms with Crippen LogP contribution in [0.4, 0.5) is 0 Å². The zero-order valence-electron chi connectivity index (χ0n) is 12.4. The predicted octanol–water partition coefficient (Wildman–Crippen LogP) is 3.40. The van der Waals surface area contributed by atoms with Crippen molar-refractivity contribution < 1.29 is 12.7 Å². The predicted molar refractivity (Wildman–Crippen MR) is 86.5 cm³/mol. The molecule has 107 valence electrons. The molecule has 3 nitrogen and oxygen atoms in total. The van der Waals surface area contributed by atoms with Gasteiger partial charge in [-0.15, -0.1) is 11.6 Å². The minimum absolute atomic E-state index is 0.506. The van der Waals surface area contributed by atoms with E-state index >= 15 is 0 Å². The van der Waals surface area contributed by atoms with Crippen LogP contribution >= 0.6 is 11.6 Å². The first-order chi connectivity index (χ1) is 8.04. The van der Waals surface area contributed by atoms with Crippen molar-refractivity contribution in [2.75, 3.05) is 12.1 Å². The molecule has 0 spiro atoms. The normalized spacial score (nSPS) is 16.7.